The fraction of sp³-hybridized carbons (Fsp3) is 0.321. The zero-order valence-electron chi connectivity index (χ0n) is 22.1. The number of nitrogens with one attached hydrogen (secondary N) is 1. The number of amidine groups is 1. The van der Waals surface area contributed by atoms with Gasteiger partial charge in [0.05, 0.1) is 5.70 Å². The molecule has 12 heteroatoms. The van der Waals surface area contributed by atoms with Gasteiger partial charge in [-0.25, -0.2) is 18.8 Å². The SMILES string of the molecule is C=N/C(=C1/C(N)=NC=CN1C[C@@H]1CCCN(C(=O)COC)C1)c1ccc(C(=O)Nc2cc(C(F)F)ccn2)cc1. The van der Waals surface area contributed by atoms with Crippen molar-refractivity contribution in [3.8, 4) is 0 Å². The Kier molecular flexibility index (Phi) is 9.33. The van der Waals surface area contributed by atoms with Crippen LogP contribution in [0.25, 0.3) is 5.70 Å². The van der Waals surface area contributed by atoms with Crippen LogP contribution in [0.4, 0.5) is 14.6 Å². The van der Waals surface area contributed by atoms with E-state index in [2.05, 4.69) is 27.0 Å². The summed E-state index contributed by atoms with van der Waals surface area (Å²) in [5, 5.41) is 2.54. The highest BCUT2D eigenvalue weighted by atomic mass is 19.3. The van der Waals surface area contributed by atoms with E-state index in [0.29, 0.717) is 42.2 Å². The van der Waals surface area contributed by atoms with Crippen LogP contribution in [0.3, 0.4) is 0 Å². The molecular formula is C28H31F2N7O3. The number of aliphatic imine (C=N–C) groups is 2. The van der Waals surface area contributed by atoms with E-state index in [0.717, 1.165) is 18.9 Å². The number of carbonyl (C=O) groups is 2. The van der Waals surface area contributed by atoms with Crippen molar-refractivity contribution in [2.45, 2.75) is 19.3 Å². The number of benzene rings is 1. The van der Waals surface area contributed by atoms with Gasteiger partial charge in [0.25, 0.3) is 12.3 Å². The number of hydrogen-bond acceptors (Lipinski definition) is 8. The summed E-state index contributed by atoms with van der Waals surface area (Å²) >= 11 is 0. The summed E-state index contributed by atoms with van der Waals surface area (Å²) in [5.41, 5.74) is 8.07. The Morgan fingerprint density at radius 2 is 2.00 bits per heavy atom. The molecule has 10 nitrogen and oxygen atoms in total. The molecule has 210 valence electrons. The quantitative estimate of drug-likeness (QED) is 0.458. The zero-order chi connectivity index (χ0) is 28.6. The minimum absolute atomic E-state index is 0.0289. The van der Waals surface area contributed by atoms with Gasteiger partial charge in [0.1, 0.15) is 24.0 Å². The lowest BCUT2D eigenvalue weighted by Crippen LogP contribution is -2.45. The average molecular weight is 552 g/mol. The van der Waals surface area contributed by atoms with Crippen molar-refractivity contribution in [2.75, 3.05) is 38.7 Å². The maximum Gasteiger partial charge on any atom is 0.264 e. The number of aromatic nitrogens is 1. The van der Waals surface area contributed by atoms with Crippen LogP contribution in [-0.4, -0.2) is 72.5 Å². The van der Waals surface area contributed by atoms with E-state index in [9.17, 15) is 18.4 Å². The van der Waals surface area contributed by atoms with Gasteiger partial charge in [0.15, 0.2) is 0 Å². The van der Waals surface area contributed by atoms with Crippen molar-refractivity contribution in [2.24, 2.45) is 21.6 Å². The lowest BCUT2D eigenvalue weighted by Gasteiger charge is -2.36. The fourth-order valence-electron chi connectivity index (χ4n) is 4.74. The van der Waals surface area contributed by atoms with Crippen LogP contribution in [0, 0.1) is 5.92 Å². The van der Waals surface area contributed by atoms with Crippen LogP contribution >= 0.6 is 0 Å². The number of rotatable bonds is 9. The summed E-state index contributed by atoms with van der Waals surface area (Å²) in [6, 6.07) is 8.90. The number of nitrogens with two attached hydrogens (primary N) is 1. The predicted octanol–water partition coefficient (Wildman–Crippen LogP) is 3.67. The molecule has 1 atom stereocenters. The molecule has 2 aliphatic rings. The fourth-order valence-corrected chi connectivity index (χ4v) is 4.74. The Bertz CT molecular complexity index is 1340. The van der Waals surface area contributed by atoms with Crippen LogP contribution in [0.2, 0.25) is 0 Å². The van der Waals surface area contributed by atoms with E-state index >= 15 is 0 Å². The minimum atomic E-state index is -2.67. The van der Waals surface area contributed by atoms with Crippen LogP contribution in [0.15, 0.2) is 70.7 Å². The lowest BCUT2D eigenvalue weighted by atomic mass is 9.96. The number of nitrogens with zero attached hydrogens (tertiary/aromatic N) is 5. The molecule has 1 aromatic carbocycles. The van der Waals surface area contributed by atoms with Crippen molar-refractivity contribution in [3.05, 3.63) is 77.4 Å². The van der Waals surface area contributed by atoms with E-state index in [4.69, 9.17) is 10.5 Å². The van der Waals surface area contributed by atoms with Gasteiger partial charge in [-0.1, -0.05) is 12.1 Å². The zero-order valence-corrected chi connectivity index (χ0v) is 22.1. The van der Waals surface area contributed by atoms with E-state index in [1.165, 1.54) is 19.4 Å². The largest absolute Gasteiger partial charge is 0.382 e. The average Bonchev–Trinajstić information content (AvgIpc) is 2.95. The summed E-state index contributed by atoms with van der Waals surface area (Å²) in [4.78, 5) is 41.3. The highest BCUT2D eigenvalue weighted by Gasteiger charge is 2.28. The molecule has 0 spiro atoms. The molecule has 0 saturated carbocycles. The second kappa shape index (κ2) is 13.1. The van der Waals surface area contributed by atoms with Gasteiger partial charge in [-0.05, 0) is 49.7 Å². The maximum absolute atomic E-state index is 13.0. The van der Waals surface area contributed by atoms with E-state index < -0.39 is 12.3 Å². The molecule has 4 rings (SSSR count). The lowest BCUT2D eigenvalue weighted by molar-refractivity contribution is -0.137. The molecule has 3 heterocycles. The van der Waals surface area contributed by atoms with Crippen molar-refractivity contribution < 1.29 is 23.1 Å². The molecule has 0 unspecified atom stereocenters. The number of methoxy groups -OCH3 is 1. The highest BCUT2D eigenvalue weighted by Crippen LogP contribution is 2.28. The Morgan fingerprint density at radius 1 is 1.25 bits per heavy atom. The summed E-state index contributed by atoms with van der Waals surface area (Å²) < 4.78 is 31.0. The Morgan fingerprint density at radius 3 is 2.70 bits per heavy atom. The smallest absolute Gasteiger partial charge is 0.264 e. The summed E-state index contributed by atoms with van der Waals surface area (Å²) in [7, 11) is 1.51. The number of halogens is 2. The molecule has 0 bridgehead atoms. The number of pyridine rings is 1. The second-order valence-electron chi connectivity index (χ2n) is 9.41. The third-order valence-corrected chi connectivity index (χ3v) is 6.66. The number of anilines is 1. The first-order valence-electron chi connectivity index (χ1n) is 12.7. The maximum atomic E-state index is 13.0. The molecule has 3 N–H and O–H groups in total. The minimum Gasteiger partial charge on any atom is -0.382 e. The first-order chi connectivity index (χ1) is 19.3. The van der Waals surface area contributed by atoms with Crippen molar-refractivity contribution in [3.63, 3.8) is 0 Å². The van der Waals surface area contributed by atoms with Crippen LogP contribution in [-0.2, 0) is 9.53 Å². The van der Waals surface area contributed by atoms with Crippen molar-refractivity contribution >= 4 is 35.9 Å². The Labute approximate surface area is 230 Å². The molecule has 2 aromatic rings. The van der Waals surface area contributed by atoms with Crippen LogP contribution in [0.5, 0.6) is 0 Å². The van der Waals surface area contributed by atoms with E-state index in [-0.39, 0.29) is 35.6 Å². The molecule has 1 aromatic heterocycles. The number of ether oxygens (including phenoxy) is 1. The number of alkyl halides is 2. The first kappa shape index (κ1) is 28.6. The van der Waals surface area contributed by atoms with Gasteiger partial charge in [-0.2, -0.15) is 0 Å². The third kappa shape index (κ3) is 6.75. The number of carbonyl (C=O) groups excluding carboxylic acids is 2. The van der Waals surface area contributed by atoms with Gasteiger partial charge >= 0.3 is 0 Å². The van der Waals surface area contributed by atoms with E-state index in [1.807, 2.05) is 16.0 Å². The molecule has 1 saturated heterocycles. The molecular weight excluding hydrogens is 520 g/mol. The molecule has 40 heavy (non-hydrogen) atoms. The van der Waals surface area contributed by atoms with Gasteiger partial charge < -0.3 is 25.6 Å². The van der Waals surface area contributed by atoms with Crippen LogP contribution in [0.1, 0.15) is 40.8 Å². The molecule has 1 fully saturated rings. The molecule has 0 radical (unpaired) electrons. The number of amides is 2. The monoisotopic (exact) mass is 551 g/mol. The number of hydrogen-bond donors (Lipinski definition) is 2. The van der Waals surface area contributed by atoms with Gasteiger partial charge in [-0.15, -0.1) is 0 Å². The highest BCUT2D eigenvalue weighted by molar-refractivity contribution is 6.06. The molecule has 2 aliphatic heterocycles. The summed E-state index contributed by atoms with van der Waals surface area (Å²) in [6.45, 7) is 5.68. The second-order valence-corrected chi connectivity index (χ2v) is 9.41. The number of likely N-dealkylation sites (tertiary alicyclic amines) is 1. The van der Waals surface area contributed by atoms with Crippen LogP contribution < -0.4 is 11.1 Å². The van der Waals surface area contributed by atoms with Gasteiger partial charge in [-0.3, -0.25) is 14.6 Å². The summed E-state index contributed by atoms with van der Waals surface area (Å²) in [6.07, 6.45) is 3.80. The molecule has 0 aliphatic carbocycles. The first-order valence-corrected chi connectivity index (χ1v) is 12.7. The standard InChI is InChI=1S/C28H31F2N7O3/c1-32-24(19-5-7-20(8-6-19)28(39)35-22-14-21(26(29)30)9-10-33-22)25-27(31)34-11-13-37(25)16-18-4-3-12-36(15-18)23(38)17-40-2/h5-11,13-14,18,26H,1,3-4,12,15-17H2,2H3,(H2,31,34)(H,33,35,39)/b25-24-/t18-/m1/s1. The Hall–Kier alpha value is -4.45. The normalized spacial score (nSPS) is 18.4. The van der Waals surface area contributed by atoms with Crippen molar-refractivity contribution in [1.82, 2.24) is 14.8 Å². The van der Waals surface area contributed by atoms with Crippen molar-refractivity contribution in [1.29, 1.82) is 0 Å². The Balaban J connectivity index is 1.52. The van der Waals surface area contributed by atoms with E-state index in [1.54, 1.807) is 30.5 Å². The third-order valence-electron chi connectivity index (χ3n) is 6.66. The predicted molar refractivity (Wildman–Crippen MR) is 149 cm³/mol. The topological polar surface area (TPSA) is 126 Å². The van der Waals surface area contributed by atoms with Gasteiger partial charge in [0.2, 0.25) is 5.91 Å². The van der Waals surface area contributed by atoms with Gasteiger partial charge in [0, 0.05) is 62.0 Å². The number of piperidine rings is 1. The summed E-state index contributed by atoms with van der Waals surface area (Å²) in [5.74, 6) is -0.0526. The molecule has 2 amide bonds.